The number of rotatable bonds is 2. The highest BCUT2D eigenvalue weighted by Crippen LogP contribution is 2.26. The van der Waals surface area contributed by atoms with Gasteiger partial charge in [0.15, 0.2) is 11.4 Å². The summed E-state index contributed by atoms with van der Waals surface area (Å²) >= 11 is 0. The molecule has 1 fully saturated rings. The van der Waals surface area contributed by atoms with Crippen molar-refractivity contribution in [1.29, 1.82) is 0 Å². The zero-order valence-corrected chi connectivity index (χ0v) is 9.69. The Kier molecular flexibility index (Phi) is 4.80. The van der Waals surface area contributed by atoms with Crippen LogP contribution in [0.15, 0.2) is 6.33 Å². The smallest absolute Gasteiger partial charge is 0.167 e. The fourth-order valence-corrected chi connectivity index (χ4v) is 1.44. The quantitative estimate of drug-likeness (QED) is 0.798. The second kappa shape index (κ2) is 4.93. The lowest BCUT2D eigenvalue weighted by molar-refractivity contribution is -0.0654. The van der Waals surface area contributed by atoms with Gasteiger partial charge in [-0.3, -0.25) is 0 Å². The summed E-state index contributed by atoms with van der Waals surface area (Å²) in [4.78, 5) is 0. The largest absolute Gasteiger partial charge is 0.368 e. The van der Waals surface area contributed by atoms with Gasteiger partial charge in [0.1, 0.15) is 6.33 Å². The molecule has 0 radical (unpaired) electrons. The molecule has 5 nitrogen and oxygen atoms in total. The third kappa shape index (κ3) is 1.86. The monoisotopic (exact) mass is 240 g/mol. The lowest BCUT2D eigenvalue weighted by atomic mass is 9.96. The molecule has 14 heavy (non-hydrogen) atoms. The Hall–Kier alpha value is -0.360. The van der Waals surface area contributed by atoms with E-state index < -0.39 is 0 Å². The Morgan fingerprint density at radius 3 is 2.43 bits per heavy atom. The van der Waals surface area contributed by atoms with Gasteiger partial charge in [0.25, 0.3) is 0 Å². The minimum atomic E-state index is -0.245. The number of nitrogens with one attached hydrogen (secondary N) is 1. The molecular weight excluding hydrogens is 227 g/mol. The van der Waals surface area contributed by atoms with Crippen molar-refractivity contribution in [2.24, 2.45) is 7.05 Å². The highest BCUT2D eigenvalue weighted by molar-refractivity contribution is 5.85. The van der Waals surface area contributed by atoms with E-state index in [2.05, 4.69) is 15.5 Å². The zero-order chi connectivity index (χ0) is 8.60. The van der Waals surface area contributed by atoms with Crippen molar-refractivity contribution in [2.45, 2.75) is 5.60 Å². The molecule has 1 aromatic rings. The number of hydrogen-bond acceptors (Lipinski definition) is 4. The predicted octanol–water partition coefficient (Wildman–Crippen LogP) is 0.104. The molecule has 1 N–H and O–H groups in total. The van der Waals surface area contributed by atoms with E-state index in [-0.39, 0.29) is 30.4 Å². The van der Waals surface area contributed by atoms with Crippen LogP contribution in [0.3, 0.4) is 0 Å². The third-order valence-corrected chi connectivity index (χ3v) is 2.33. The molecule has 0 aromatic carbocycles. The third-order valence-electron chi connectivity index (χ3n) is 2.33. The van der Waals surface area contributed by atoms with E-state index in [9.17, 15) is 0 Å². The standard InChI is InChI=1S/C7H12N4O.2ClH/c1-11-5-9-10-6(11)7(12-2)3-8-4-7;;/h5,8H,3-4H2,1-2H3;2*1H. The Morgan fingerprint density at radius 2 is 2.14 bits per heavy atom. The maximum Gasteiger partial charge on any atom is 0.167 e. The Bertz CT molecular complexity index is 281. The van der Waals surface area contributed by atoms with Crippen molar-refractivity contribution in [3.8, 4) is 0 Å². The van der Waals surface area contributed by atoms with E-state index in [4.69, 9.17) is 4.74 Å². The van der Waals surface area contributed by atoms with Crippen LogP contribution in [0.1, 0.15) is 5.82 Å². The molecule has 0 bridgehead atoms. The van der Waals surface area contributed by atoms with E-state index in [0.717, 1.165) is 18.9 Å². The lowest BCUT2D eigenvalue weighted by Crippen LogP contribution is -2.59. The molecule has 0 spiro atoms. The fourth-order valence-electron chi connectivity index (χ4n) is 1.44. The molecule has 7 heteroatoms. The lowest BCUT2D eigenvalue weighted by Gasteiger charge is -2.39. The highest BCUT2D eigenvalue weighted by atomic mass is 35.5. The van der Waals surface area contributed by atoms with Gasteiger partial charge in [-0.2, -0.15) is 0 Å². The number of aromatic nitrogens is 3. The summed E-state index contributed by atoms with van der Waals surface area (Å²) in [7, 11) is 3.63. The molecule has 2 rings (SSSR count). The number of halogens is 2. The molecule has 0 amide bonds. The minimum absolute atomic E-state index is 0. The van der Waals surface area contributed by atoms with Crippen LogP contribution in [-0.2, 0) is 17.4 Å². The molecule has 2 heterocycles. The summed E-state index contributed by atoms with van der Waals surface area (Å²) < 4.78 is 7.31. The Morgan fingerprint density at radius 1 is 1.50 bits per heavy atom. The first-order valence-electron chi connectivity index (χ1n) is 3.89. The van der Waals surface area contributed by atoms with Gasteiger partial charge >= 0.3 is 0 Å². The average molecular weight is 241 g/mol. The van der Waals surface area contributed by atoms with Crippen molar-refractivity contribution in [2.75, 3.05) is 20.2 Å². The Labute approximate surface area is 95.0 Å². The van der Waals surface area contributed by atoms with Crippen molar-refractivity contribution in [1.82, 2.24) is 20.1 Å². The van der Waals surface area contributed by atoms with Crippen molar-refractivity contribution in [3.05, 3.63) is 12.2 Å². The van der Waals surface area contributed by atoms with Gasteiger partial charge in [0.2, 0.25) is 0 Å². The second-order valence-corrected chi connectivity index (χ2v) is 3.07. The fraction of sp³-hybridized carbons (Fsp3) is 0.714. The highest BCUT2D eigenvalue weighted by Gasteiger charge is 2.42. The molecule has 0 saturated carbocycles. The van der Waals surface area contributed by atoms with Crippen molar-refractivity contribution in [3.63, 3.8) is 0 Å². The van der Waals surface area contributed by atoms with Crippen molar-refractivity contribution >= 4 is 24.8 Å². The van der Waals surface area contributed by atoms with Crippen LogP contribution in [0.2, 0.25) is 0 Å². The summed E-state index contributed by atoms with van der Waals surface area (Å²) in [6.45, 7) is 1.63. The second-order valence-electron chi connectivity index (χ2n) is 3.07. The summed E-state index contributed by atoms with van der Waals surface area (Å²) in [6.07, 6.45) is 1.69. The summed E-state index contributed by atoms with van der Waals surface area (Å²) in [6, 6.07) is 0. The molecule has 1 aromatic heterocycles. The van der Waals surface area contributed by atoms with Gasteiger partial charge in [-0.1, -0.05) is 0 Å². The van der Waals surface area contributed by atoms with Gasteiger partial charge in [-0.25, -0.2) is 0 Å². The van der Waals surface area contributed by atoms with Crippen LogP contribution in [0.5, 0.6) is 0 Å². The van der Waals surface area contributed by atoms with E-state index in [1.54, 1.807) is 13.4 Å². The van der Waals surface area contributed by atoms with Gasteiger partial charge in [0, 0.05) is 27.2 Å². The zero-order valence-electron chi connectivity index (χ0n) is 8.06. The van der Waals surface area contributed by atoms with Gasteiger partial charge in [0.05, 0.1) is 0 Å². The van der Waals surface area contributed by atoms with Gasteiger partial charge < -0.3 is 14.6 Å². The van der Waals surface area contributed by atoms with Crippen molar-refractivity contribution < 1.29 is 4.74 Å². The topological polar surface area (TPSA) is 52.0 Å². The van der Waals surface area contributed by atoms with Crippen LogP contribution in [0, 0.1) is 0 Å². The molecule has 82 valence electrons. The average Bonchev–Trinajstić information content (AvgIpc) is 2.36. The molecule has 1 saturated heterocycles. The molecule has 1 aliphatic rings. The Balaban J connectivity index is 0.000000845. The molecule has 0 unspecified atom stereocenters. The van der Waals surface area contributed by atoms with Crippen LogP contribution < -0.4 is 5.32 Å². The van der Waals surface area contributed by atoms with E-state index in [0.29, 0.717) is 0 Å². The van der Waals surface area contributed by atoms with Crippen LogP contribution >= 0.6 is 24.8 Å². The summed E-state index contributed by atoms with van der Waals surface area (Å²) in [5.74, 6) is 0.892. The molecule has 1 aliphatic heterocycles. The maximum absolute atomic E-state index is 5.41. The van der Waals surface area contributed by atoms with Crippen LogP contribution in [0.25, 0.3) is 0 Å². The molecule has 0 atom stereocenters. The van der Waals surface area contributed by atoms with E-state index in [1.165, 1.54) is 0 Å². The van der Waals surface area contributed by atoms with Gasteiger partial charge in [-0.15, -0.1) is 35.0 Å². The number of aryl methyl sites for hydroxylation is 1. The number of methoxy groups -OCH3 is 1. The molecule has 0 aliphatic carbocycles. The predicted molar refractivity (Wildman–Crippen MR) is 57.1 cm³/mol. The first-order chi connectivity index (χ1) is 5.78. The minimum Gasteiger partial charge on any atom is -0.368 e. The number of ether oxygens (including phenoxy) is 1. The van der Waals surface area contributed by atoms with E-state index >= 15 is 0 Å². The van der Waals surface area contributed by atoms with Crippen LogP contribution in [0.4, 0.5) is 0 Å². The van der Waals surface area contributed by atoms with E-state index in [1.807, 2.05) is 11.6 Å². The first kappa shape index (κ1) is 13.6. The number of nitrogens with zero attached hydrogens (tertiary/aromatic N) is 3. The molecular formula is C7H14Cl2N4O. The SMILES string of the molecule is COC1(c2nncn2C)CNC1.Cl.Cl. The van der Waals surface area contributed by atoms with Crippen LogP contribution in [-0.4, -0.2) is 35.0 Å². The van der Waals surface area contributed by atoms with Gasteiger partial charge in [-0.05, 0) is 0 Å². The number of hydrogen-bond donors (Lipinski definition) is 1. The summed E-state index contributed by atoms with van der Waals surface area (Å²) in [5.41, 5.74) is -0.245. The maximum atomic E-state index is 5.41. The normalized spacial score (nSPS) is 17.6. The first-order valence-corrected chi connectivity index (χ1v) is 3.89. The summed E-state index contributed by atoms with van der Waals surface area (Å²) in [5, 5.41) is 11.0.